The van der Waals surface area contributed by atoms with Gasteiger partial charge in [-0.15, -0.1) is 23.5 Å². The van der Waals surface area contributed by atoms with E-state index in [-0.39, 0.29) is 52.1 Å². The number of hydrogen-bond acceptors (Lipinski definition) is 19. The normalized spacial score (nSPS) is 31.0. The van der Waals surface area contributed by atoms with Crippen molar-refractivity contribution in [3.8, 4) is 0 Å². The number of nitrogens with one attached hydrogen (secondary N) is 5. The van der Waals surface area contributed by atoms with Crippen molar-refractivity contribution in [1.82, 2.24) is 29.5 Å². The molecule has 62 heavy (non-hydrogen) atoms. The Bertz CT molecular complexity index is 2420. The Morgan fingerprint density at radius 2 is 1.50 bits per heavy atom. The summed E-state index contributed by atoms with van der Waals surface area (Å²) in [5.74, 6) is -2.14. The zero-order chi connectivity index (χ0) is 45.9. The number of H-pyrrole nitrogens is 2. The highest BCUT2D eigenvalue weighted by molar-refractivity contribution is 8.07. The molecule has 22 nitrogen and oxygen atoms in total. The number of nitrogens with two attached hydrogens (primary N) is 1. The number of amides is 2. The number of rotatable bonds is 9. The van der Waals surface area contributed by atoms with E-state index in [2.05, 4.69) is 40.9 Å². The molecule has 10 atom stereocenters. The van der Waals surface area contributed by atoms with E-state index in [9.17, 15) is 34.1 Å². The fourth-order valence-electron chi connectivity index (χ4n) is 6.13. The minimum absolute atomic E-state index is 0.0444. The summed E-state index contributed by atoms with van der Waals surface area (Å²) in [4.78, 5) is 92.5. The first-order chi connectivity index (χ1) is 28.7. The Hall–Kier alpha value is -2.33. The number of carbonyl (C=O) groups is 2. The lowest BCUT2D eigenvalue weighted by Crippen LogP contribution is -2.50. The molecule has 29 heteroatoms. The lowest BCUT2D eigenvalue weighted by molar-refractivity contribution is -0.119. The van der Waals surface area contributed by atoms with Crippen molar-refractivity contribution in [2.24, 2.45) is 11.8 Å². The first kappa shape index (κ1) is 49.1. The van der Waals surface area contributed by atoms with Crippen molar-refractivity contribution in [2.75, 3.05) is 34.9 Å². The van der Waals surface area contributed by atoms with Gasteiger partial charge in [0.2, 0.25) is 23.7 Å². The fourth-order valence-corrected chi connectivity index (χ4v) is 13.7. The summed E-state index contributed by atoms with van der Waals surface area (Å²) in [6.07, 6.45) is -3.47. The molecule has 0 aliphatic carbocycles. The van der Waals surface area contributed by atoms with Gasteiger partial charge in [0.25, 0.3) is 11.1 Å². The number of fused-ring (bicyclic) bond motifs is 5. The maximum atomic E-state index is 13.2. The second-order valence-corrected chi connectivity index (χ2v) is 30.1. The van der Waals surface area contributed by atoms with Crippen molar-refractivity contribution in [3.63, 3.8) is 0 Å². The van der Waals surface area contributed by atoms with Gasteiger partial charge in [-0.2, -0.15) is 9.97 Å². The first-order valence-corrected chi connectivity index (χ1v) is 29.4. The van der Waals surface area contributed by atoms with Crippen LogP contribution in [-0.2, 0) is 55.7 Å². The number of aliphatic hydroxyl groups is 1. The average molecular weight is 999 g/mol. The number of nitrogen functional groups attached to an aromatic ring is 1. The number of anilines is 4. The SMILES string of the molecule is CC(C)C(=O)Nc1nc(N[C@@H]2S[C@@H]3COP(O)(=S)O[C@@H]4C(O[Si](C)(C)C(C)(C)C)[C@@H](COP(O)(=S)O[C@@H]2[C@@H]3O)S[C@H]4n2cnc3c(=O)[nH]c(NC(=O)C(C)C)nc32)c(N)c(=O)[nH]1. The maximum absolute atomic E-state index is 13.2. The summed E-state index contributed by atoms with van der Waals surface area (Å²) in [7, 11) is -2.69. The Labute approximate surface area is 376 Å². The van der Waals surface area contributed by atoms with Crippen LogP contribution >= 0.6 is 37.0 Å². The zero-order valence-corrected chi connectivity index (χ0v) is 41.2. The summed E-state index contributed by atoms with van der Waals surface area (Å²) >= 11 is 13.4. The summed E-state index contributed by atoms with van der Waals surface area (Å²) in [5, 5.41) is 15.8. The van der Waals surface area contributed by atoms with E-state index in [1.54, 1.807) is 32.3 Å². The number of imidazole rings is 1. The Balaban J connectivity index is 1.38. The molecule has 6 heterocycles. The van der Waals surface area contributed by atoms with Crippen LogP contribution < -0.4 is 32.8 Å². The molecule has 3 aliphatic rings. The number of aromatic amines is 2. The molecule has 3 aromatic rings. The Morgan fingerprint density at radius 1 is 0.952 bits per heavy atom. The number of nitrogens with zero attached hydrogens (tertiary/aromatic N) is 4. The lowest BCUT2D eigenvalue weighted by atomic mass is 10.1. The molecular formula is C33H52N10O12P2S4Si. The van der Waals surface area contributed by atoms with Crippen LogP contribution in [0, 0.1) is 11.8 Å². The molecule has 6 rings (SSSR count). The quantitative estimate of drug-likeness (QED) is 0.110. The summed E-state index contributed by atoms with van der Waals surface area (Å²) in [6, 6.07) is 0. The van der Waals surface area contributed by atoms with E-state index in [0.29, 0.717) is 0 Å². The number of thioether (sulfide) groups is 2. The average Bonchev–Trinajstić information content (AvgIpc) is 3.80. The van der Waals surface area contributed by atoms with Gasteiger partial charge in [-0.3, -0.25) is 53.4 Å². The third-order valence-corrected chi connectivity index (χ3v) is 21.2. The zero-order valence-electron chi connectivity index (χ0n) is 35.2. The molecule has 0 spiro atoms. The van der Waals surface area contributed by atoms with Crippen LogP contribution in [0.1, 0.15) is 53.8 Å². The van der Waals surface area contributed by atoms with E-state index in [4.69, 9.17) is 51.9 Å². The number of aliphatic hydroxyl groups excluding tert-OH is 1. The largest absolute Gasteiger partial charge is 0.410 e. The fraction of sp³-hybridized carbons (Fsp3) is 0.667. The molecule has 344 valence electrons. The summed E-state index contributed by atoms with van der Waals surface area (Å²) in [6.45, 7) is 7.64. The van der Waals surface area contributed by atoms with Gasteiger partial charge in [-0.25, -0.2) is 4.98 Å². The molecule has 0 radical (unpaired) electrons. The van der Waals surface area contributed by atoms with Crippen LogP contribution in [0.3, 0.4) is 0 Å². The van der Waals surface area contributed by atoms with Gasteiger partial charge in [0.1, 0.15) is 28.6 Å². The molecule has 3 unspecified atom stereocenters. The Kier molecular flexibility index (Phi) is 14.7. The van der Waals surface area contributed by atoms with Gasteiger partial charge in [0, 0.05) is 11.8 Å². The first-order valence-electron chi connectivity index (χ1n) is 19.4. The monoisotopic (exact) mass is 998 g/mol. The van der Waals surface area contributed by atoms with Gasteiger partial charge in [-0.05, 0) is 41.7 Å². The third kappa shape index (κ3) is 10.8. The summed E-state index contributed by atoms with van der Waals surface area (Å²) in [5.41, 5.74) is 4.39. The van der Waals surface area contributed by atoms with Crippen molar-refractivity contribution in [3.05, 3.63) is 27.0 Å². The number of aromatic nitrogens is 6. The van der Waals surface area contributed by atoms with E-state index >= 15 is 0 Å². The molecule has 0 saturated carbocycles. The number of carbonyl (C=O) groups excluding carboxylic acids is 2. The molecule has 3 aliphatic heterocycles. The highest BCUT2D eigenvalue weighted by Gasteiger charge is 2.55. The van der Waals surface area contributed by atoms with E-state index < -0.39 is 103 Å². The Morgan fingerprint density at radius 3 is 2.08 bits per heavy atom. The molecule has 3 aromatic heterocycles. The molecule has 0 aromatic carbocycles. The van der Waals surface area contributed by atoms with Crippen LogP contribution in [0.4, 0.5) is 23.4 Å². The number of hydrogen-bond donors (Lipinski definition) is 9. The van der Waals surface area contributed by atoms with Crippen molar-refractivity contribution >= 4 is 115 Å². The molecule has 3 fully saturated rings. The van der Waals surface area contributed by atoms with Crippen LogP contribution in [-0.4, -0.2) is 118 Å². The molecule has 2 amide bonds. The standard InChI is InChI=1S/C33H52N10O12P2S4Si/c1-13(2)25(45)39-31-37-23(17(34)27(47)41-31)36-29-21-19(44)15(60-29)10-51-57(50,59)54-22-20(55-62(8,9)33(5,6)7)16(11-52-56(49,58)53-21)61-30(22)43-12-35-18-24(43)38-32(42-28(18)48)40-26(46)14(3)4/h12-16,19-22,29-30,44H,10-11,34H2,1-9H3,(H,49,58)(H,50,59)(H2,38,40,42,46,48)(H3,36,37,39,41,45,47)/t15-,16-,19-,20?,21-,22-,29-,30-,56?,57?/m1/s1. The van der Waals surface area contributed by atoms with Crippen molar-refractivity contribution in [1.29, 1.82) is 0 Å². The molecule has 4 bridgehead atoms. The van der Waals surface area contributed by atoms with E-state index in [1.165, 1.54) is 18.1 Å². The lowest BCUT2D eigenvalue weighted by Gasteiger charge is -2.41. The summed E-state index contributed by atoms with van der Waals surface area (Å²) < 4.78 is 33.0. The predicted octanol–water partition coefficient (Wildman–Crippen LogP) is 3.14. The second-order valence-electron chi connectivity index (χ2n) is 17.0. The van der Waals surface area contributed by atoms with E-state index in [1.807, 2.05) is 33.9 Å². The van der Waals surface area contributed by atoms with Crippen molar-refractivity contribution < 1.29 is 47.0 Å². The van der Waals surface area contributed by atoms with Gasteiger partial charge < -0.3 is 39.4 Å². The second kappa shape index (κ2) is 18.5. The highest BCUT2D eigenvalue weighted by atomic mass is 32.5. The third-order valence-electron chi connectivity index (χ3n) is 10.6. The van der Waals surface area contributed by atoms with Crippen LogP contribution in [0.25, 0.3) is 11.2 Å². The van der Waals surface area contributed by atoms with Gasteiger partial charge in [0.05, 0.1) is 42.2 Å². The topological polar surface area (TPSA) is 312 Å². The smallest absolute Gasteiger partial charge is 0.325 e. The predicted molar refractivity (Wildman–Crippen MR) is 246 cm³/mol. The maximum Gasteiger partial charge on any atom is 0.325 e. The van der Waals surface area contributed by atoms with Crippen LogP contribution in [0.5, 0.6) is 0 Å². The minimum atomic E-state index is -4.25. The van der Waals surface area contributed by atoms with Crippen molar-refractivity contribution in [2.45, 2.75) is 112 Å². The van der Waals surface area contributed by atoms with Gasteiger partial charge in [0.15, 0.2) is 25.3 Å². The molecule has 10 N–H and O–H groups in total. The van der Waals surface area contributed by atoms with Gasteiger partial charge in [-0.1, -0.05) is 48.5 Å². The van der Waals surface area contributed by atoms with E-state index in [0.717, 1.165) is 11.8 Å². The molecule has 3 saturated heterocycles. The van der Waals surface area contributed by atoms with Gasteiger partial charge >= 0.3 is 13.4 Å². The van der Waals surface area contributed by atoms with Crippen LogP contribution in [0.15, 0.2) is 15.9 Å². The molecular weight excluding hydrogens is 947 g/mol. The minimum Gasteiger partial charge on any atom is -0.410 e. The highest BCUT2D eigenvalue weighted by Crippen LogP contribution is 2.58. The van der Waals surface area contributed by atoms with Crippen LogP contribution in [0.2, 0.25) is 18.1 Å².